The van der Waals surface area contributed by atoms with Gasteiger partial charge in [0.2, 0.25) is 0 Å². The summed E-state index contributed by atoms with van der Waals surface area (Å²) < 4.78 is 4.94. The highest BCUT2D eigenvalue weighted by molar-refractivity contribution is 5.81. The first-order chi connectivity index (χ1) is 6.25. The number of aromatic amines is 1. The van der Waals surface area contributed by atoms with Crippen LogP contribution in [0.2, 0.25) is 0 Å². The predicted octanol–water partition coefficient (Wildman–Crippen LogP) is 2.09. The van der Waals surface area contributed by atoms with E-state index in [2.05, 4.69) is 4.98 Å². The molecule has 0 spiro atoms. The number of esters is 1. The standard InChI is InChI=1S/C10H9NO2/c1-7(12)13-9-2-3-10-8(6-9)4-5-11-10/h2-6,11H,1H3. The van der Waals surface area contributed by atoms with E-state index in [9.17, 15) is 4.79 Å². The van der Waals surface area contributed by atoms with Crippen molar-refractivity contribution in [2.45, 2.75) is 6.92 Å². The Bertz CT molecular complexity index is 445. The van der Waals surface area contributed by atoms with Gasteiger partial charge >= 0.3 is 5.97 Å². The minimum Gasteiger partial charge on any atom is -0.427 e. The van der Waals surface area contributed by atoms with Gasteiger partial charge in [0.25, 0.3) is 0 Å². The topological polar surface area (TPSA) is 42.1 Å². The lowest BCUT2D eigenvalue weighted by Crippen LogP contribution is -2.00. The lowest BCUT2D eigenvalue weighted by atomic mass is 10.2. The molecule has 0 saturated carbocycles. The van der Waals surface area contributed by atoms with Crippen molar-refractivity contribution in [2.24, 2.45) is 0 Å². The number of hydrogen-bond donors (Lipinski definition) is 1. The van der Waals surface area contributed by atoms with Crippen molar-refractivity contribution < 1.29 is 9.53 Å². The summed E-state index contributed by atoms with van der Waals surface area (Å²) in [6.07, 6.45) is 1.85. The molecule has 2 rings (SSSR count). The van der Waals surface area contributed by atoms with Crippen molar-refractivity contribution in [2.75, 3.05) is 0 Å². The molecule has 0 aliphatic heterocycles. The summed E-state index contributed by atoms with van der Waals surface area (Å²) in [6.45, 7) is 1.39. The average molecular weight is 175 g/mol. The first-order valence-corrected chi connectivity index (χ1v) is 4.01. The van der Waals surface area contributed by atoms with Gasteiger partial charge in [-0.05, 0) is 24.3 Å². The molecule has 1 N–H and O–H groups in total. The maximum absolute atomic E-state index is 10.7. The molecule has 13 heavy (non-hydrogen) atoms. The van der Waals surface area contributed by atoms with Crippen LogP contribution in [-0.2, 0) is 4.79 Å². The van der Waals surface area contributed by atoms with Gasteiger partial charge in [-0.15, -0.1) is 0 Å². The van der Waals surface area contributed by atoms with Crippen LogP contribution in [0, 0.1) is 0 Å². The summed E-state index contributed by atoms with van der Waals surface area (Å²) in [7, 11) is 0. The average Bonchev–Trinajstić information content (AvgIpc) is 2.49. The Morgan fingerprint density at radius 1 is 1.38 bits per heavy atom. The zero-order valence-electron chi connectivity index (χ0n) is 7.20. The van der Waals surface area contributed by atoms with E-state index in [0.717, 1.165) is 10.9 Å². The highest BCUT2D eigenvalue weighted by atomic mass is 16.5. The number of nitrogens with one attached hydrogen (secondary N) is 1. The van der Waals surface area contributed by atoms with Crippen molar-refractivity contribution in [3.63, 3.8) is 0 Å². The van der Waals surface area contributed by atoms with E-state index < -0.39 is 0 Å². The summed E-state index contributed by atoms with van der Waals surface area (Å²) in [5, 5.41) is 1.04. The monoisotopic (exact) mass is 175 g/mol. The van der Waals surface area contributed by atoms with Crippen molar-refractivity contribution in [1.82, 2.24) is 4.98 Å². The fourth-order valence-electron chi connectivity index (χ4n) is 1.26. The smallest absolute Gasteiger partial charge is 0.308 e. The molecule has 0 unspecified atom stereocenters. The van der Waals surface area contributed by atoms with Gasteiger partial charge < -0.3 is 9.72 Å². The maximum atomic E-state index is 10.7. The number of ether oxygens (including phenoxy) is 1. The van der Waals surface area contributed by atoms with Gasteiger partial charge in [-0.3, -0.25) is 4.79 Å². The quantitative estimate of drug-likeness (QED) is 0.532. The first-order valence-electron chi connectivity index (χ1n) is 4.01. The van der Waals surface area contributed by atoms with Crippen LogP contribution in [-0.4, -0.2) is 11.0 Å². The predicted molar refractivity (Wildman–Crippen MR) is 49.6 cm³/mol. The molecule has 1 aromatic heterocycles. The van der Waals surface area contributed by atoms with Gasteiger partial charge in [0, 0.05) is 24.0 Å². The van der Waals surface area contributed by atoms with E-state index >= 15 is 0 Å². The fourth-order valence-corrected chi connectivity index (χ4v) is 1.26. The van der Waals surface area contributed by atoms with Crippen LogP contribution in [0.5, 0.6) is 5.75 Å². The Morgan fingerprint density at radius 2 is 2.23 bits per heavy atom. The Hall–Kier alpha value is -1.77. The van der Waals surface area contributed by atoms with E-state index in [-0.39, 0.29) is 5.97 Å². The van der Waals surface area contributed by atoms with Crippen LogP contribution < -0.4 is 4.74 Å². The van der Waals surface area contributed by atoms with Gasteiger partial charge in [0.15, 0.2) is 0 Å². The number of aromatic nitrogens is 1. The van der Waals surface area contributed by atoms with Crippen LogP contribution in [0.1, 0.15) is 6.92 Å². The molecule has 0 aliphatic rings. The zero-order valence-corrected chi connectivity index (χ0v) is 7.20. The molecular formula is C10H9NO2. The van der Waals surface area contributed by atoms with Crippen LogP contribution in [0.3, 0.4) is 0 Å². The molecule has 1 heterocycles. The minimum atomic E-state index is -0.296. The summed E-state index contributed by atoms with van der Waals surface area (Å²) >= 11 is 0. The lowest BCUT2D eigenvalue weighted by Gasteiger charge is -1.99. The van der Waals surface area contributed by atoms with Gasteiger partial charge in [0.05, 0.1) is 0 Å². The summed E-state index contributed by atoms with van der Waals surface area (Å²) in [5.41, 5.74) is 1.04. The molecule has 0 amide bonds. The van der Waals surface area contributed by atoms with Crippen LogP contribution in [0.4, 0.5) is 0 Å². The molecule has 0 aliphatic carbocycles. The molecule has 66 valence electrons. The SMILES string of the molecule is CC(=O)Oc1ccc2[nH]ccc2c1. The first kappa shape index (κ1) is 7.86. The second kappa shape index (κ2) is 2.94. The molecule has 0 saturated heterocycles. The summed E-state index contributed by atoms with van der Waals surface area (Å²) in [6, 6.07) is 7.41. The Labute approximate surface area is 75.3 Å². The van der Waals surface area contributed by atoms with Gasteiger partial charge in [-0.2, -0.15) is 0 Å². The largest absolute Gasteiger partial charge is 0.427 e. The molecule has 0 atom stereocenters. The number of fused-ring (bicyclic) bond motifs is 1. The minimum absolute atomic E-state index is 0.296. The molecule has 3 heteroatoms. The van der Waals surface area contributed by atoms with E-state index in [0.29, 0.717) is 5.75 Å². The fraction of sp³-hybridized carbons (Fsp3) is 0.100. The van der Waals surface area contributed by atoms with E-state index in [1.165, 1.54) is 6.92 Å². The molecule has 0 fully saturated rings. The van der Waals surface area contributed by atoms with Gasteiger partial charge in [0.1, 0.15) is 5.75 Å². The van der Waals surface area contributed by atoms with Gasteiger partial charge in [-0.25, -0.2) is 0 Å². The van der Waals surface area contributed by atoms with Crippen LogP contribution >= 0.6 is 0 Å². The van der Waals surface area contributed by atoms with Gasteiger partial charge in [-0.1, -0.05) is 0 Å². The van der Waals surface area contributed by atoms with Crippen molar-refractivity contribution >= 4 is 16.9 Å². The molecule has 0 radical (unpaired) electrons. The third-order valence-electron chi connectivity index (χ3n) is 1.79. The number of carbonyl (C=O) groups excluding carboxylic acids is 1. The Balaban J connectivity index is 2.42. The molecule has 3 nitrogen and oxygen atoms in total. The lowest BCUT2D eigenvalue weighted by molar-refractivity contribution is -0.131. The van der Waals surface area contributed by atoms with Crippen LogP contribution in [0.15, 0.2) is 30.5 Å². The highest BCUT2D eigenvalue weighted by Gasteiger charge is 1.99. The number of benzene rings is 1. The van der Waals surface area contributed by atoms with Crippen molar-refractivity contribution in [3.8, 4) is 5.75 Å². The number of carbonyl (C=O) groups is 1. The maximum Gasteiger partial charge on any atom is 0.308 e. The normalized spacial score (nSPS) is 10.2. The number of H-pyrrole nitrogens is 1. The number of hydrogen-bond acceptors (Lipinski definition) is 2. The Morgan fingerprint density at radius 3 is 3.00 bits per heavy atom. The third-order valence-corrected chi connectivity index (χ3v) is 1.79. The summed E-state index contributed by atoms with van der Waals surface area (Å²) in [4.78, 5) is 13.7. The van der Waals surface area contributed by atoms with E-state index in [1.54, 1.807) is 6.07 Å². The summed E-state index contributed by atoms with van der Waals surface area (Å²) in [5.74, 6) is 0.287. The molecule has 2 aromatic rings. The Kier molecular flexibility index (Phi) is 1.77. The number of rotatable bonds is 1. The highest BCUT2D eigenvalue weighted by Crippen LogP contribution is 2.19. The second-order valence-corrected chi connectivity index (χ2v) is 2.82. The third kappa shape index (κ3) is 1.54. The van der Waals surface area contributed by atoms with Crippen LogP contribution in [0.25, 0.3) is 10.9 Å². The second-order valence-electron chi connectivity index (χ2n) is 2.82. The molecule has 1 aromatic carbocycles. The molecular weight excluding hydrogens is 166 g/mol. The van der Waals surface area contributed by atoms with Crippen molar-refractivity contribution in [3.05, 3.63) is 30.5 Å². The molecule has 0 bridgehead atoms. The zero-order chi connectivity index (χ0) is 9.26. The van der Waals surface area contributed by atoms with E-state index in [1.807, 2.05) is 24.4 Å². The van der Waals surface area contributed by atoms with E-state index in [4.69, 9.17) is 4.74 Å². The van der Waals surface area contributed by atoms with Crippen molar-refractivity contribution in [1.29, 1.82) is 0 Å².